The van der Waals surface area contributed by atoms with Gasteiger partial charge in [0.15, 0.2) is 29.2 Å². The van der Waals surface area contributed by atoms with Crippen LogP contribution in [0.3, 0.4) is 0 Å². The number of likely N-dealkylation sites (tertiary alicyclic amines) is 2. The van der Waals surface area contributed by atoms with Gasteiger partial charge in [0.25, 0.3) is 0 Å². The molecule has 2 aliphatic heterocycles. The number of nitrogens with zero attached hydrogens (tertiary/aromatic N) is 2. The van der Waals surface area contributed by atoms with Crippen LogP contribution in [0.25, 0.3) is 0 Å². The van der Waals surface area contributed by atoms with Gasteiger partial charge in [-0.3, -0.25) is 14.5 Å². The minimum absolute atomic E-state index is 0.00248. The van der Waals surface area contributed by atoms with Crippen molar-refractivity contribution in [3.05, 3.63) is 97.1 Å². The largest absolute Gasteiger partial charge is 0.573 e. The van der Waals surface area contributed by atoms with Gasteiger partial charge in [0.2, 0.25) is 11.8 Å². The zero-order valence-electron chi connectivity index (χ0n) is 36.4. The molecular weight excluding hydrogens is 935 g/mol. The number of benzene rings is 4. The summed E-state index contributed by atoms with van der Waals surface area (Å²) in [6.45, 7) is 4.87. The summed E-state index contributed by atoms with van der Waals surface area (Å²) in [5.74, 6) is 1.67. The lowest BCUT2D eigenvalue weighted by Gasteiger charge is -2.39. The van der Waals surface area contributed by atoms with E-state index in [1.807, 2.05) is 11.8 Å². The molecule has 6 rings (SSSR count). The summed E-state index contributed by atoms with van der Waals surface area (Å²) in [5.41, 5.74) is 0. The average Bonchev–Trinajstić information content (AvgIpc) is 3.29. The lowest BCUT2D eigenvalue weighted by molar-refractivity contribution is -0.275. The van der Waals surface area contributed by atoms with Crippen molar-refractivity contribution in [3.8, 4) is 46.8 Å². The highest BCUT2D eigenvalue weighted by molar-refractivity contribution is 7.94. The first-order valence-electron chi connectivity index (χ1n) is 20.6. The zero-order chi connectivity index (χ0) is 49.3. The number of alkyl halides is 6. The number of carbonyl (C=O) groups excluding carboxylic acids is 2. The first-order chi connectivity index (χ1) is 31.5. The summed E-state index contributed by atoms with van der Waals surface area (Å²) in [5, 5.41) is 4.98. The summed E-state index contributed by atoms with van der Waals surface area (Å²) in [6, 6.07) is 20.7. The van der Waals surface area contributed by atoms with Crippen LogP contribution in [0.2, 0.25) is 0 Å². The van der Waals surface area contributed by atoms with E-state index in [2.05, 4.69) is 30.9 Å². The van der Waals surface area contributed by atoms with Crippen LogP contribution in [0.15, 0.2) is 107 Å². The highest BCUT2D eigenvalue weighted by atomic mass is 32.2. The Balaban J connectivity index is 0.000000251. The SMILES string of the molecule is C#CCN1CCC(C(=O)NC)(S(=O)(=O)c2ccc(Oc3ccc(OC(F)(F)F)cc3)cc2)CC1.CCN1CCC(C(=O)NC)(S(=O)(=O)c2ccc(Oc3ccc(OC(F)(F)F)cc3)cc2)CC1. The Morgan fingerprint density at radius 2 is 0.851 bits per heavy atom. The number of sulfone groups is 2. The fraction of sp³-hybridized carbons (Fsp3) is 0.378. The topological polar surface area (TPSA) is 170 Å². The van der Waals surface area contributed by atoms with Gasteiger partial charge in [-0.1, -0.05) is 12.8 Å². The van der Waals surface area contributed by atoms with Crippen LogP contribution in [-0.4, -0.2) is 114 Å². The zero-order valence-corrected chi connectivity index (χ0v) is 38.1. The Labute approximate surface area is 384 Å². The Morgan fingerprint density at radius 3 is 1.12 bits per heavy atom. The second kappa shape index (κ2) is 21.3. The third kappa shape index (κ3) is 12.5. The minimum atomic E-state index is -4.80. The molecule has 0 spiro atoms. The summed E-state index contributed by atoms with van der Waals surface area (Å²) >= 11 is 0. The number of nitrogens with one attached hydrogen (secondary N) is 2. The fourth-order valence-corrected chi connectivity index (χ4v) is 11.7. The summed E-state index contributed by atoms with van der Waals surface area (Å²) in [4.78, 5) is 29.4. The third-order valence-electron chi connectivity index (χ3n) is 11.3. The van der Waals surface area contributed by atoms with E-state index in [1.165, 1.54) is 86.9 Å². The molecule has 4 aromatic carbocycles. The number of terminal acetylenes is 1. The maximum Gasteiger partial charge on any atom is 0.573 e. The predicted octanol–water partition coefficient (Wildman–Crippen LogP) is 7.12. The van der Waals surface area contributed by atoms with Gasteiger partial charge in [-0.25, -0.2) is 16.8 Å². The van der Waals surface area contributed by atoms with Gasteiger partial charge in [-0.15, -0.1) is 32.8 Å². The molecule has 2 N–H and O–H groups in total. The molecule has 2 fully saturated rings. The van der Waals surface area contributed by atoms with Crippen LogP contribution in [0.5, 0.6) is 34.5 Å². The van der Waals surface area contributed by atoms with Crippen LogP contribution < -0.4 is 29.6 Å². The minimum Gasteiger partial charge on any atom is -0.457 e. The van der Waals surface area contributed by atoms with Gasteiger partial charge >= 0.3 is 12.7 Å². The highest BCUT2D eigenvalue weighted by Gasteiger charge is 2.53. The Hall–Kier alpha value is -6.02. The van der Waals surface area contributed by atoms with Crippen molar-refractivity contribution in [2.24, 2.45) is 0 Å². The summed E-state index contributed by atoms with van der Waals surface area (Å²) in [7, 11) is -5.23. The molecular formula is C45H48F6N4O10S2. The molecule has 0 radical (unpaired) electrons. The molecule has 2 aliphatic rings. The number of amides is 2. The Morgan fingerprint density at radius 1 is 0.567 bits per heavy atom. The average molecular weight is 983 g/mol. The van der Waals surface area contributed by atoms with Gasteiger partial charge in [-0.05, 0) is 129 Å². The molecule has 67 heavy (non-hydrogen) atoms. The van der Waals surface area contributed by atoms with Gasteiger partial charge in [0, 0.05) is 40.3 Å². The van der Waals surface area contributed by atoms with Crippen LogP contribution in [0, 0.1) is 12.3 Å². The molecule has 0 saturated carbocycles. The molecule has 22 heteroatoms. The number of hydrogen-bond donors (Lipinski definition) is 2. The lowest BCUT2D eigenvalue weighted by atomic mass is 9.94. The van der Waals surface area contributed by atoms with Crippen molar-refractivity contribution in [1.82, 2.24) is 20.4 Å². The molecule has 0 bridgehead atoms. The number of piperidine rings is 2. The van der Waals surface area contributed by atoms with E-state index in [4.69, 9.17) is 15.9 Å². The van der Waals surface area contributed by atoms with E-state index < -0.39 is 59.5 Å². The van der Waals surface area contributed by atoms with Crippen molar-refractivity contribution in [1.29, 1.82) is 0 Å². The second-order valence-electron chi connectivity index (χ2n) is 15.3. The van der Waals surface area contributed by atoms with Crippen LogP contribution in [0.1, 0.15) is 32.6 Å². The molecule has 14 nitrogen and oxygen atoms in total. The molecule has 0 atom stereocenters. The summed E-state index contributed by atoms with van der Waals surface area (Å²) in [6.07, 6.45) is -3.68. The quantitative estimate of drug-likeness (QED) is 0.0971. The third-order valence-corrected chi connectivity index (χ3v) is 16.3. The molecule has 0 unspecified atom stereocenters. The normalized spacial score (nSPS) is 16.5. The van der Waals surface area contributed by atoms with Crippen LogP contribution in [0.4, 0.5) is 26.3 Å². The van der Waals surface area contributed by atoms with E-state index in [-0.39, 0.29) is 64.2 Å². The van der Waals surface area contributed by atoms with E-state index >= 15 is 0 Å². The van der Waals surface area contributed by atoms with E-state index in [9.17, 15) is 52.8 Å². The maximum absolute atomic E-state index is 13.5. The second-order valence-corrected chi connectivity index (χ2v) is 19.8. The number of ether oxygens (including phenoxy) is 4. The monoisotopic (exact) mass is 982 g/mol. The summed E-state index contributed by atoms with van der Waals surface area (Å²) < 4.78 is 143. The standard InChI is InChI=1S/C23H23F3N2O5S.C22H25F3N2O5S/c1-3-14-28-15-12-22(13-16-28,21(29)27-2)34(30,31)20-10-8-18(9-11-20)32-17-4-6-19(7-5-17)33-23(24,25)26;1-3-27-14-12-21(13-15-27,20(28)26-2)33(29,30)19-10-8-17(9-11-19)31-16-4-6-18(7-5-16)32-22(23,24)25/h1,4-11H,12-16H2,2H3,(H,27,29);4-11H,3,12-15H2,1-2H3,(H,26,28). The van der Waals surface area contributed by atoms with E-state index in [0.29, 0.717) is 32.7 Å². The van der Waals surface area contributed by atoms with Crippen molar-refractivity contribution >= 4 is 31.5 Å². The lowest BCUT2D eigenvalue weighted by Crippen LogP contribution is -2.57. The maximum atomic E-state index is 13.5. The van der Waals surface area contributed by atoms with Gasteiger partial charge < -0.3 is 34.5 Å². The molecule has 362 valence electrons. The van der Waals surface area contributed by atoms with Crippen molar-refractivity contribution in [2.75, 3.05) is 53.4 Å². The van der Waals surface area contributed by atoms with Crippen molar-refractivity contribution in [3.63, 3.8) is 0 Å². The van der Waals surface area contributed by atoms with E-state index in [1.54, 1.807) is 0 Å². The number of halogens is 6. The molecule has 2 heterocycles. The van der Waals surface area contributed by atoms with Gasteiger partial charge in [0.05, 0.1) is 16.3 Å². The van der Waals surface area contributed by atoms with Crippen molar-refractivity contribution in [2.45, 2.75) is 64.6 Å². The van der Waals surface area contributed by atoms with Gasteiger partial charge in [-0.2, -0.15) is 0 Å². The Bertz CT molecular complexity index is 2570. The van der Waals surface area contributed by atoms with Gasteiger partial charge in [0.1, 0.15) is 34.5 Å². The fourth-order valence-electron chi connectivity index (χ4n) is 7.64. The van der Waals surface area contributed by atoms with Crippen molar-refractivity contribution < 1.29 is 71.7 Å². The molecule has 2 amide bonds. The molecule has 4 aromatic rings. The van der Waals surface area contributed by atoms with E-state index in [0.717, 1.165) is 30.8 Å². The number of hydrogen-bond acceptors (Lipinski definition) is 12. The number of carbonyl (C=O) groups is 2. The first kappa shape index (κ1) is 52.0. The number of rotatable bonds is 14. The molecule has 0 aromatic heterocycles. The Kier molecular flexibility index (Phi) is 16.5. The highest BCUT2D eigenvalue weighted by Crippen LogP contribution is 2.39. The van der Waals surface area contributed by atoms with Crippen LogP contribution in [-0.2, 0) is 29.3 Å². The molecule has 0 aliphatic carbocycles. The van der Waals surface area contributed by atoms with Crippen LogP contribution >= 0.6 is 0 Å². The smallest absolute Gasteiger partial charge is 0.457 e. The predicted molar refractivity (Wildman–Crippen MR) is 233 cm³/mol. The first-order valence-corrected chi connectivity index (χ1v) is 23.6. The molecule has 2 saturated heterocycles.